The average Bonchev–Trinajstić information content (AvgIpc) is 2.56. The van der Waals surface area contributed by atoms with Crippen molar-refractivity contribution in [3.05, 3.63) is 59.2 Å². The molecule has 4 nitrogen and oxygen atoms in total. The number of carbonyl (C=O) groups excluding carboxylic acids is 1. The van der Waals surface area contributed by atoms with Crippen molar-refractivity contribution in [3.63, 3.8) is 0 Å². The zero-order chi connectivity index (χ0) is 15.4. The molecule has 0 aliphatic carbocycles. The smallest absolute Gasteiger partial charge is 0.256 e. The Balaban J connectivity index is 1.87. The first kappa shape index (κ1) is 14.6. The van der Waals surface area contributed by atoms with Gasteiger partial charge in [-0.15, -0.1) is 0 Å². The second-order valence-electron chi connectivity index (χ2n) is 5.41. The molecule has 114 valence electrons. The van der Waals surface area contributed by atoms with Crippen molar-refractivity contribution in [1.82, 2.24) is 0 Å². The lowest BCUT2D eigenvalue weighted by Crippen LogP contribution is -2.19. The number of hydrogen-bond acceptors (Lipinski definition) is 3. The van der Waals surface area contributed by atoms with Crippen LogP contribution < -0.4 is 10.6 Å². The van der Waals surface area contributed by atoms with E-state index in [-0.39, 0.29) is 5.91 Å². The summed E-state index contributed by atoms with van der Waals surface area (Å²) >= 11 is 0. The molecule has 0 spiro atoms. The monoisotopic (exact) mass is 296 g/mol. The molecule has 2 aromatic rings. The van der Waals surface area contributed by atoms with Crippen LogP contribution in [0.15, 0.2) is 42.5 Å². The fourth-order valence-corrected chi connectivity index (χ4v) is 2.84. The maximum absolute atomic E-state index is 12.7. The third-order valence-corrected chi connectivity index (χ3v) is 3.91. The van der Waals surface area contributed by atoms with Gasteiger partial charge in [0.1, 0.15) is 0 Å². The van der Waals surface area contributed by atoms with Crippen LogP contribution >= 0.6 is 0 Å². The second-order valence-corrected chi connectivity index (χ2v) is 5.41. The molecule has 0 saturated carbocycles. The molecule has 0 aromatic heterocycles. The summed E-state index contributed by atoms with van der Waals surface area (Å²) in [5.41, 5.74) is 4.70. The number of amides is 1. The van der Waals surface area contributed by atoms with E-state index in [1.807, 2.05) is 42.5 Å². The van der Waals surface area contributed by atoms with E-state index >= 15 is 0 Å². The number of fused-ring (bicyclic) bond motifs is 1. The summed E-state index contributed by atoms with van der Waals surface area (Å²) in [4.78, 5) is 12.7. The van der Waals surface area contributed by atoms with Gasteiger partial charge in [0.05, 0.1) is 6.61 Å². The molecule has 4 heteroatoms. The van der Waals surface area contributed by atoms with E-state index in [0.29, 0.717) is 6.61 Å². The fourth-order valence-electron chi connectivity index (χ4n) is 2.84. The third kappa shape index (κ3) is 2.97. The van der Waals surface area contributed by atoms with Crippen molar-refractivity contribution in [3.8, 4) is 0 Å². The molecule has 0 fully saturated rings. The molecule has 0 saturated heterocycles. The number of ether oxygens (including phenoxy) is 1. The lowest BCUT2D eigenvalue weighted by Gasteiger charge is -2.21. The topological polar surface area (TPSA) is 50.4 Å². The van der Waals surface area contributed by atoms with Gasteiger partial charge < -0.3 is 15.4 Å². The quantitative estimate of drug-likeness (QED) is 0.908. The van der Waals surface area contributed by atoms with E-state index < -0.39 is 0 Å². The molecule has 22 heavy (non-hydrogen) atoms. The van der Waals surface area contributed by atoms with Gasteiger partial charge in [-0.2, -0.15) is 0 Å². The van der Waals surface area contributed by atoms with Crippen molar-refractivity contribution >= 4 is 17.3 Å². The molecule has 2 N–H and O–H groups in total. The van der Waals surface area contributed by atoms with Crippen molar-refractivity contribution in [1.29, 1.82) is 0 Å². The first-order valence-electron chi connectivity index (χ1n) is 7.53. The summed E-state index contributed by atoms with van der Waals surface area (Å²) in [6.45, 7) is 1.44. The molecule has 1 aliphatic heterocycles. The van der Waals surface area contributed by atoms with Crippen LogP contribution in [0.1, 0.15) is 27.9 Å². The van der Waals surface area contributed by atoms with E-state index in [0.717, 1.165) is 47.5 Å². The zero-order valence-corrected chi connectivity index (χ0v) is 12.7. The van der Waals surface area contributed by atoms with E-state index in [4.69, 9.17) is 4.74 Å². The number of nitrogens with one attached hydrogen (secondary N) is 2. The first-order valence-corrected chi connectivity index (χ1v) is 7.53. The summed E-state index contributed by atoms with van der Waals surface area (Å²) in [7, 11) is 1.65. The summed E-state index contributed by atoms with van der Waals surface area (Å²) < 4.78 is 5.19. The molecule has 0 unspecified atom stereocenters. The Morgan fingerprint density at radius 2 is 2.09 bits per heavy atom. The van der Waals surface area contributed by atoms with Gasteiger partial charge in [0, 0.05) is 36.2 Å². The van der Waals surface area contributed by atoms with Crippen LogP contribution in [-0.4, -0.2) is 19.6 Å². The van der Waals surface area contributed by atoms with Crippen LogP contribution in [-0.2, 0) is 17.8 Å². The first-order chi connectivity index (χ1) is 10.8. The SMILES string of the molecule is COCc1ccccc1NC(=O)c1cccc2c1CCCN2. The minimum Gasteiger partial charge on any atom is -0.385 e. The Hall–Kier alpha value is -2.33. The van der Waals surface area contributed by atoms with Crippen molar-refractivity contribution in [2.75, 3.05) is 24.3 Å². The summed E-state index contributed by atoms with van der Waals surface area (Å²) in [5.74, 6) is -0.0656. The normalized spacial score (nSPS) is 13.1. The average molecular weight is 296 g/mol. The van der Waals surface area contributed by atoms with Crippen molar-refractivity contribution < 1.29 is 9.53 Å². The van der Waals surface area contributed by atoms with Gasteiger partial charge in [0.2, 0.25) is 0 Å². The Bertz CT molecular complexity index is 683. The Kier molecular flexibility index (Phi) is 4.39. The van der Waals surface area contributed by atoms with Gasteiger partial charge in [-0.05, 0) is 36.6 Å². The summed E-state index contributed by atoms with van der Waals surface area (Å²) in [6, 6.07) is 13.6. The Morgan fingerprint density at radius 1 is 1.23 bits per heavy atom. The molecule has 3 rings (SSSR count). The highest BCUT2D eigenvalue weighted by molar-refractivity contribution is 6.06. The van der Waals surface area contributed by atoms with Crippen molar-refractivity contribution in [2.24, 2.45) is 0 Å². The van der Waals surface area contributed by atoms with Crippen molar-refractivity contribution in [2.45, 2.75) is 19.4 Å². The molecule has 1 aliphatic rings. The number of hydrogen-bond donors (Lipinski definition) is 2. The number of benzene rings is 2. The van der Waals surface area contributed by atoms with Gasteiger partial charge >= 0.3 is 0 Å². The lowest BCUT2D eigenvalue weighted by molar-refractivity contribution is 0.102. The highest BCUT2D eigenvalue weighted by atomic mass is 16.5. The summed E-state index contributed by atoms with van der Waals surface area (Å²) in [6.07, 6.45) is 1.99. The number of rotatable bonds is 4. The minimum atomic E-state index is -0.0656. The molecule has 0 radical (unpaired) electrons. The zero-order valence-electron chi connectivity index (χ0n) is 12.7. The predicted octanol–water partition coefficient (Wildman–Crippen LogP) is 3.44. The molecule has 0 atom stereocenters. The highest BCUT2D eigenvalue weighted by Crippen LogP contribution is 2.26. The minimum absolute atomic E-state index is 0.0656. The largest absolute Gasteiger partial charge is 0.385 e. The molecule has 0 bridgehead atoms. The standard InChI is InChI=1S/C18H20N2O2/c1-22-12-13-6-2-3-9-16(13)20-18(21)15-7-4-10-17-14(15)8-5-11-19-17/h2-4,6-7,9-10,19H,5,8,11-12H2,1H3,(H,20,21). The predicted molar refractivity (Wildman–Crippen MR) is 88.4 cm³/mol. The summed E-state index contributed by atoms with van der Waals surface area (Å²) in [5, 5.41) is 6.37. The van der Waals surface area contributed by atoms with E-state index in [2.05, 4.69) is 10.6 Å². The van der Waals surface area contributed by atoms with Gasteiger partial charge in [-0.3, -0.25) is 4.79 Å². The van der Waals surface area contributed by atoms with Gasteiger partial charge in [0.25, 0.3) is 5.91 Å². The number of methoxy groups -OCH3 is 1. The van der Waals surface area contributed by atoms with E-state index in [9.17, 15) is 4.79 Å². The molecule has 1 heterocycles. The number of para-hydroxylation sites is 1. The fraction of sp³-hybridized carbons (Fsp3) is 0.278. The molecule has 2 aromatic carbocycles. The van der Waals surface area contributed by atoms with E-state index in [1.165, 1.54) is 0 Å². The van der Waals surface area contributed by atoms with Crippen LogP contribution in [0.4, 0.5) is 11.4 Å². The molecule has 1 amide bonds. The van der Waals surface area contributed by atoms with Gasteiger partial charge in [0.15, 0.2) is 0 Å². The Morgan fingerprint density at radius 3 is 2.95 bits per heavy atom. The Labute approximate surface area is 130 Å². The number of carbonyl (C=O) groups is 1. The second kappa shape index (κ2) is 6.62. The number of anilines is 2. The van der Waals surface area contributed by atoms with Gasteiger partial charge in [-0.25, -0.2) is 0 Å². The van der Waals surface area contributed by atoms with Crippen LogP contribution in [0.2, 0.25) is 0 Å². The molecular formula is C18H20N2O2. The van der Waals surface area contributed by atoms with Crippen LogP contribution in [0.3, 0.4) is 0 Å². The van der Waals surface area contributed by atoms with Gasteiger partial charge in [-0.1, -0.05) is 24.3 Å². The molecular weight excluding hydrogens is 276 g/mol. The van der Waals surface area contributed by atoms with E-state index in [1.54, 1.807) is 7.11 Å². The maximum atomic E-state index is 12.7. The van der Waals surface area contributed by atoms with Crippen LogP contribution in [0.25, 0.3) is 0 Å². The van der Waals surface area contributed by atoms with Crippen LogP contribution in [0.5, 0.6) is 0 Å². The third-order valence-electron chi connectivity index (χ3n) is 3.91. The highest BCUT2D eigenvalue weighted by Gasteiger charge is 2.18. The lowest BCUT2D eigenvalue weighted by atomic mass is 9.97. The van der Waals surface area contributed by atoms with Crippen LogP contribution in [0, 0.1) is 0 Å². The maximum Gasteiger partial charge on any atom is 0.256 e.